The van der Waals surface area contributed by atoms with Crippen LogP contribution in [0.25, 0.3) is 0 Å². The van der Waals surface area contributed by atoms with Crippen molar-refractivity contribution < 1.29 is 4.74 Å². The van der Waals surface area contributed by atoms with Crippen LogP contribution in [0.15, 0.2) is 0 Å². The Hall–Kier alpha value is -0.580. The van der Waals surface area contributed by atoms with Crippen LogP contribution >= 0.6 is 11.6 Å². The van der Waals surface area contributed by atoms with Crippen molar-refractivity contribution in [3.05, 3.63) is 16.4 Å². The van der Waals surface area contributed by atoms with Crippen LogP contribution in [0.4, 0.5) is 0 Å². The Morgan fingerprint density at radius 3 is 2.86 bits per heavy atom. The lowest BCUT2D eigenvalue weighted by atomic mass is 9.90. The van der Waals surface area contributed by atoms with Crippen molar-refractivity contribution in [1.82, 2.24) is 15.1 Å². The lowest BCUT2D eigenvalue weighted by Crippen LogP contribution is -2.42. The maximum atomic E-state index is 6.50. The molecule has 1 aliphatic rings. The van der Waals surface area contributed by atoms with E-state index in [-0.39, 0.29) is 0 Å². The third-order valence-electron chi connectivity index (χ3n) is 4.34. The molecule has 0 bridgehead atoms. The maximum absolute atomic E-state index is 6.50. The van der Waals surface area contributed by atoms with Crippen molar-refractivity contribution in [1.29, 1.82) is 0 Å². The van der Waals surface area contributed by atoms with Crippen LogP contribution in [0.2, 0.25) is 5.02 Å². The van der Waals surface area contributed by atoms with E-state index in [4.69, 9.17) is 16.3 Å². The summed E-state index contributed by atoms with van der Waals surface area (Å²) in [6, 6.07) is 0.419. The number of aryl methyl sites for hydroxylation is 2. The molecule has 0 aliphatic carbocycles. The zero-order chi connectivity index (χ0) is 15.2. The van der Waals surface area contributed by atoms with Gasteiger partial charge in [-0.25, -0.2) is 0 Å². The van der Waals surface area contributed by atoms with Gasteiger partial charge in [-0.15, -0.1) is 0 Å². The minimum Gasteiger partial charge on any atom is -0.381 e. The van der Waals surface area contributed by atoms with Crippen molar-refractivity contribution in [3.8, 4) is 0 Å². The fourth-order valence-corrected chi connectivity index (χ4v) is 3.44. The minimum absolute atomic E-state index is 0.419. The number of hydrogen-bond acceptors (Lipinski definition) is 3. The van der Waals surface area contributed by atoms with Gasteiger partial charge in [0.15, 0.2) is 0 Å². The van der Waals surface area contributed by atoms with Gasteiger partial charge >= 0.3 is 0 Å². The Bertz CT molecular complexity index is 441. The first-order chi connectivity index (χ1) is 10.2. The lowest BCUT2D eigenvalue weighted by molar-refractivity contribution is 0.0391. The summed E-state index contributed by atoms with van der Waals surface area (Å²) in [4.78, 5) is 0. The normalized spacial score (nSPS) is 20.7. The highest BCUT2D eigenvalue weighted by atomic mass is 35.5. The molecule has 1 fully saturated rings. The molecule has 2 atom stereocenters. The molecule has 0 spiro atoms. The lowest BCUT2D eigenvalue weighted by Gasteiger charge is -2.31. The molecule has 2 rings (SSSR count). The summed E-state index contributed by atoms with van der Waals surface area (Å²) in [6.45, 7) is 7.10. The van der Waals surface area contributed by atoms with E-state index < -0.39 is 0 Å². The number of aromatic nitrogens is 2. The van der Waals surface area contributed by atoms with E-state index in [1.165, 1.54) is 6.42 Å². The number of nitrogens with one attached hydrogen (secondary N) is 1. The number of hydrogen-bond donors (Lipinski definition) is 1. The highest BCUT2D eigenvalue weighted by Crippen LogP contribution is 2.26. The van der Waals surface area contributed by atoms with Gasteiger partial charge < -0.3 is 10.1 Å². The van der Waals surface area contributed by atoms with Crippen LogP contribution in [-0.2, 0) is 24.6 Å². The number of nitrogens with zero attached hydrogens (tertiary/aromatic N) is 2. The average Bonchev–Trinajstić information content (AvgIpc) is 2.79. The van der Waals surface area contributed by atoms with Crippen LogP contribution in [0.5, 0.6) is 0 Å². The molecule has 120 valence electrons. The first kappa shape index (κ1) is 16.8. The molecule has 0 saturated carbocycles. The van der Waals surface area contributed by atoms with Gasteiger partial charge in [-0.3, -0.25) is 4.68 Å². The molecule has 1 aromatic heterocycles. The molecule has 2 unspecified atom stereocenters. The van der Waals surface area contributed by atoms with E-state index in [1.54, 1.807) is 0 Å². The SMILES string of the molecule is CCCNC(Cc1c(Cl)c(CC)nn1C)C1CCCOC1. The standard InChI is InChI=1S/C16H28ClN3O/c1-4-8-18-14(12-7-6-9-21-11-12)10-15-16(17)13(5-2)19-20(15)3/h12,14,18H,4-11H2,1-3H3. The Balaban J connectivity index is 2.11. The fourth-order valence-electron chi connectivity index (χ4n) is 3.07. The van der Waals surface area contributed by atoms with Crippen LogP contribution in [0.1, 0.15) is 44.5 Å². The van der Waals surface area contributed by atoms with Crippen molar-refractivity contribution in [2.24, 2.45) is 13.0 Å². The van der Waals surface area contributed by atoms with E-state index in [9.17, 15) is 0 Å². The van der Waals surface area contributed by atoms with Crippen molar-refractivity contribution in [2.75, 3.05) is 19.8 Å². The summed E-state index contributed by atoms with van der Waals surface area (Å²) in [6.07, 6.45) is 5.35. The topological polar surface area (TPSA) is 39.1 Å². The van der Waals surface area contributed by atoms with Gasteiger partial charge in [0.25, 0.3) is 0 Å². The van der Waals surface area contributed by atoms with E-state index >= 15 is 0 Å². The van der Waals surface area contributed by atoms with Crippen molar-refractivity contribution in [3.63, 3.8) is 0 Å². The number of ether oxygens (including phenoxy) is 1. The Morgan fingerprint density at radius 2 is 2.29 bits per heavy atom. The third-order valence-corrected chi connectivity index (χ3v) is 4.77. The summed E-state index contributed by atoms with van der Waals surface area (Å²) in [7, 11) is 1.99. The molecular weight excluding hydrogens is 286 g/mol. The predicted molar refractivity (Wildman–Crippen MR) is 86.9 cm³/mol. The zero-order valence-electron chi connectivity index (χ0n) is 13.5. The van der Waals surface area contributed by atoms with E-state index in [1.807, 2.05) is 11.7 Å². The van der Waals surface area contributed by atoms with Crippen LogP contribution in [-0.4, -0.2) is 35.6 Å². The second kappa shape index (κ2) is 8.16. The third kappa shape index (κ3) is 4.21. The van der Waals surface area contributed by atoms with Gasteiger partial charge in [-0.2, -0.15) is 5.10 Å². The van der Waals surface area contributed by atoms with Crippen LogP contribution < -0.4 is 5.32 Å². The molecule has 0 aromatic carbocycles. The summed E-state index contributed by atoms with van der Waals surface area (Å²) in [5.41, 5.74) is 2.15. The van der Waals surface area contributed by atoms with Crippen LogP contribution in [0.3, 0.4) is 0 Å². The van der Waals surface area contributed by atoms with Crippen molar-refractivity contribution >= 4 is 11.6 Å². The van der Waals surface area contributed by atoms with Gasteiger partial charge in [-0.1, -0.05) is 25.4 Å². The highest BCUT2D eigenvalue weighted by molar-refractivity contribution is 6.31. The van der Waals surface area contributed by atoms with Gasteiger partial charge in [0, 0.05) is 26.1 Å². The highest BCUT2D eigenvalue weighted by Gasteiger charge is 2.26. The Morgan fingerprint density at radius 1 is 1.48 bits per heavy atom. The average molecular weight is 314 g/mol. The Kier molecular flexibility index (Phi) is 6.52. The molecule has 0 amide bonds. The first-order valence-corrected chi connectivity index (χ1v) is 8.56. The molecule has 5 heteroatoms. The first-order valence-electron chi connectivity index (χ1n) is 8.18. The molecular formula is C16H28ClN3O. The van der Waals surface area contributed by atoms with Gasteiger partial charge in [0.1, 0.15) is 0 Å². The molecule has 4 nitrogen and oxygen atoms in total. The molecule has 1 N–H and O–H groups in total. The second-order valence-electron chi connectivity index (χ2n) is 5.93. The van der Waals surface area contributed by atoms with E-state index in [0.29, 0.717) is 12.0 Å². The summed E-state index contributed by atoms with van der Waals surface area (Å²) in [5.74, 6) is 0.571. The molecule has 0 radical (unpaired) electrons. The summed E-state index contributed by atoms with van der Waals surface area (Å²) >= 11 is 6.50. The summed E-state index contributed by atoms with van der Waals surface area (Å²) < 4.78 is 7.62. The largest absolute Gasteiger partial charge is 0.381 e. The second-order valence-corrected chi connectivity index (χ2v) is 6.30. The molecule has 1 aromatic rings. The Labute approximate surface area is 133 Å². The predicted octanol–water partition coefficient (Wildman–Crippen LogP) is 2.97. The molecule has 1 saturated heterocycles. The van der Waals surface area contributed by atoms with Gasteiger partial charge in [0.05, 0.1) is 23.0 Å². The fraction of sp³-hybridized carbons (Fsp3) is 0.812. The van der Waals surface area contributed by atoms with Gasteiger partial charge in [0.2, 0.25) is 0 Å². The van der Waals surface area contributed by atoms with Crippen LogP contribution in [0, 0.1) is 5.92 Å². The van der Waals surface area contributed by atoms with E-state index in [2.05, 4.69) is 24.3 Å². The molecule has 21 heavy (non-hydrogen) atoms. The molecule has 1 aliphatic heterocycles. The van der Waals surface area contributed by atoms with E-state index in [0.717, 1.165) is 61.9 Å². The minimum atomic E-state index is 0.419. The molecule has 2 heterocycles. The maximum Gasteiger partial charge on any atom is 0.0850 e. The number of rotatable bonds is 7. The smallest absolute Gasteiger partial charge is 0.0850 e. The zero-order valence-corrected chi connectivity index (χ0v) is 14.2. The number of halogens is 1. The van der Waals surface area contributed by atoms with Crippen molar-refractivity contribution in [2.45, 2.75) is 52.0 Å². The summed E-state index contributed by atoms with van der Waals surface area (Å²) in [5, 5.41) is 9.07. The monoisotopic (exact) mass is 313 g/mol. The van der Waals surface area contributed by atoms with Gasteiger partial charge in [-0.05, 0) is 38.1 Å². The quantitative estimate of drug-likeness (QED) is 0.841.